The lowest BCUT2D eigenvalue weighted by Gasteiger charge is -2.01. The molecule has 6 nitrogen and oxygen atoms in total. The number of aryl methyl sites for hydroxylation is 1. The Bertz CT molecular complexity index is 435. The van der Waals surface area contributed by atoms with Gasteiger partial charge in [0.05, 0.1) is 12.2 Å². The maximum absolute atomic E-state index is 5.53. The Hall–Kier alpha value is -1.98. The fourth-order valence-electron chi connectivity index (χ4n) is 1.16. The monoisotopic (exact) mass is 190 g/mol. The van der Waals surface area contributed by atoms with Gasteiger partial charge in [0.15, 0.2) is 0 Å². The zero-order valence-electron chi connectivity index (χ0n) is 7.75. The minimum Gasteiger partial charge on any atom is -0.367 e. The highest BCUT2D eigenvalue weighted by atomic mass is 15.6. The molecule has 0 bridgehead atoms. The molecule has 0 aliphatic rings. The molecule has 2 N–H and O–H groups in total. The predicted molar refractivity (Wildman–Crippen MR) is 50.3 cm³/mol. The largest absolute Gasteiger partial charge is 0.367 e. The molecule has 6 heteroatoms. The summed E-state index contributed by atoms with van der Waals surface area (Å²) in [4.78, 5) is 4.18. The number of nitrogens with zero attached hydrogens (tertiary/aromatic N) is 5. The van der Waals surface area contributed by atoms with E-state index in [9.17, 15) is 0 Å². The van der Waals surface area contributed by atoms with E-state index in [-0.39, 0.29) is 0 Å². The third kappa shape index (κ3) is 1.68. The van der Waals surface area contributed by atoms with Gasteiger partial charge in [-0.3, -0.25) is 4.98 Å². The number of anilines is 1. The number of nitrogen functional groups attached to an aromatic ring is 1. The molecule has 0 aromatic carbocycles. The second kappa shape index (κ2) is 3.41. The summed E-state index contributed by atoms with van der Waals surface area (Å²) in [7, 11) is 0. The Morgan fingerprint density at radius 1 is 1.50 bits per heavy atom. The molecule has 0 fully saturated rings. The minimum absolute atomic E-state index is 0.299. The van der Waals surface area contributed by atoms with E-state index >= 15 is 0 Å². The summed E-state index contributed by atoms with van der Waals surface area (Å²) in [5.41, 5.74) is 7.57. The number of hydrogen-bond donors (Lipinski definition) is 1. The van der Waals surface area contributed by atoms with E-state index in [2.05, 4.69) is 20.5 Å². The van der Waals surface area contributed by atoms with Gasteiger partial charge in [-0.25, -0.2) is 4.68 Å². The molecular weight excluding hydrogens is 180 g/mol. The first kappa shape index (κ1) is 8.61. The minimum atomic E-state index is 0.299. The van der Waals surface area contributed by atoms with Gasteiger partial charge in [0.25, 0.3) is 0 Å². The summed E-state index contributed by atoms with van der Waals surface area (Å²) in [5, 5.41) is 10.8. The van der Waals surface area contributed by atoms with Crippen molar-refractivity contribution in [3.05, 3.63) is 29.6 Å². The van der Waals surface area contributed by atoms with Gasteiger partial charge >= 0.3 is 0 Å². The summed E-state index contributed by atoms with van der Waals surface area (Å²) in [6.45, 7) is 2.51. The smallest absolute Gasteiger partial charge is 0.240 e. The lowest BCUT2D eigenvalue weighted by molar-refractivity contribution is 0.644. The van der Waals surface area contributed by atoms with Gasteiger partial charge in [-0.15, -0.1) is 0 Å². The normalized spacial score (nSPS) is 10.4. The highest BCUT2D eigenvalue weighted by Gasteiger charge is 2.02. The van der Waals surface area contributed by atoms with Crippen molar-refractivity contribution < 1.29 is 0 Å². The Labute approximate surface area is 80.8 Å². The van der Waals surface area contributed by atoms with Gasteiger partial charge in [-0.2, -0.15) is 0 Å². The quantitative estimate of drug-likeness (QED) is 0.721. The molecule has 2 rings (SSSR count). The number of pyridine rings is 1. The van der Waals surface area contributed by atoms with E-state index in [1.807, 2.05) is 19.1 Å². The van der Waals surface area contributed by atoms with Crippen molar-refractivity contribution in [1.82, 2.24) is 25.2 Å². The van der Waals surface area contributed by atoms with E-state index in [4.69, 9.17) is 5.73 Å². The van der Waals surface area contributed by atoms with Crippen LogP contribution in [0.2, 0.25) is 0 Å². The first-order valence-corrected chi connectivity index (χ1v) is 4.19. The topological polar surface area (TPSA) is 82.5 Å². The van der Waals surface area contributed by atoms with Gasteiger partial charge in [-0.05, 0) is 35.0 Å². The van der Waals surface area contributed by atoms with Crippen LogP contribution >= 0.6 is 0 Å². The van der Waals surface area contributed by atoms with Crippen LogP contribution in [0.25, 0.3) is 0 Å². The van der Waals surface area contributed by atoms with Crippen molar-refractivity contribution in [3.8, 4) is 0 Å². The molecule has 2 aromatic rings. The van der Waals surface area contributed by atoms with Crippen LogP contribution in [0.5, 0.6) is 0 Å². The standard InChI is InChI=1S/C8H10N6/c1-6-2-3-10-7(4-6)5-14-8(9)11-12-13-14/h2-4H,5H2,1H3,(H2,9,11,13). The maximum atomic E-state index is 5.53. The van der Waals surface area contributed by atoms with E-state index < -0.39 is 0 Å². The fraction of sp³-hybridized carbons (Fsp3) is 0.250. The van der Waals surface area contributed by atoms with Crippen LogP contribution < -0.4 is 5.73 Å². The average molecular weight is 190 g/mol. The van der Waals surface area contributed by atoms with Crippen LogP contribution in [-0.4, -0.2) is 25.2 Å². The molecule has 72 valence electrons. The van der Waals surface area contributed by atoms with Gasteiger partial charge in [-0.1, -0.05) is 5.10 Å². The molecule has 2 heterocycles. The molecule has 0 aliphatic carbocycles. The van der Waals surface area contributed by atoms with Crippen LogP contribution in [-0.2, 0) is 6.54 Å². The van der Waals surface area contributed by atoms with E-state index in [0.717, 1.165) is 11.3 Å². The summed E-state index contributed by atoms with van der Waals surface area (Å²) in [5.74, 6) is 0.299. The predicted octanol–water partition coefficient (Wildman–Crippen LogP) is 0.00702. The first-order valence-electron chi connectivity index (χ1n) is 4.19. The van der Waals surface area contributed by atoms with Crippen molar-refractivity contribution in [2.45, 2.75) is 13.5 Å². The Kier molecular flexibility index (Phi) is 2.10. The van der Waals surface area contributed by atoms with Crippen molar-refractivity contribution in [2.24, 2.45) is 0 Å². The third-order valence-electron chi connectivity index (χ3n) is 1.84. The highest BCUT2D eigenvalue weighted by Crippen LogP contribution is 2.03. The molecule has 14 heavy (non-hydrogen) atoms. The van der Waals surface area contributed by atoms with Crippen molar-refractivity contribution >= 4 is 5.95 Å². The lowest BCUT2D eigenvalue weighted by Crippen LogP contribution is -2.07. The molecule has 0 unspecified atom stereocenters. The van der Waals surface area contributed by atoms with Gasteiger partial charge in [0, 0.05) is 6.20 Å². The van der Waals surface area contributed by atoms with Crippen LogP contribution in [0.4, 0.5) is 5.95 Å². The van der Waals surface area contributed by atoms with Crippen LogP contribution in [0.15, 0.2) is 18.3 Å². The van der Waals surface area contributed by atoms with Crippen LogP contribution in [0, 0.1) is 6.92 Å². The molecule has 0 radical (unpaired) electrons. The molecule has 0 saturated carbocycles. The summed E-state index contributed by atoms with van der Waals surface area (Å²) in [6.07, 6.45) is 1.76. The van der Waals surface area contributed by atoms with Gasteiger partial charge in [0.2, 0.25) is 5.95 Å². The lowest BCUT2D eigenvalue weighted by atomic mass is 10.2. The van der Waals surface area contributed by atoms with Crippen molar-refractivity contribution in [2.75, 3.05) is 5.73 Å². The van der Waals surface area contributed by atoms with Crippen LogP contribution in [0.1, 0.15) is 11.3 Å². The molecule has 0 spiro atoms. The number of hydrogen-bond acceptors (Lipinski definition) is 5. The second-order valence-corrected chi connectivity index (χ2v) is 3.02. The molecule has 0 atom stereocenters. The number of aromatic nitrogens is 5. The van der Waals surface area contributed by atoms with Gasteiger partial charge < -0.3 is 5.73 Å². The number of tetrazole rings is 1. The summed E-state index contributed by atoms with van der Waals surface area (Å²) in [6, 6.07) is 3.91. The Balaban J connectivity index is 2.23. The van der Waals surface area contributed by atoms with Crippen LogP contribution in [0.3, 0.4) is 0 Å². The third-order valence-corrected chi connectivity index (χ3v) is 1.84. The number of rotatable bonds is 2. The van der Waals surface area contributed by atoms with E-state index in [0.29, 0.717) is 12.5 Å². The molecular formula is C8H10N6. The Morgan fingerprint density at radius 2 is 2.36 bits per heavy atom. The SMILES string of the molecule is Cc1ccnc(Cn2nnnc2N)c1. The highest BCUT2D eigenvalue weighted by molar-refractivity contribution is 5.17. The zero-order valence-corrected chi connectivity index (χ0v) is 7.75. The summed E-state index contributed by atoms with van der Waals surface area (Å²) < 4.78 is 1.50. The maximum Gasteiger partial charge on any atom is 0.240 e. The summed E-state index contributed by atoms with van der Waals surface area (Å²) >= 11 is 0. The average Bonchev–Trinajstić information content (AvgIpc) is 2.52. The van der Waals surface area contributed by atoms with Gasteiger partial charge in [0.1, 0.15) is 0 Å². The molecule has 0 saturated heterocycles. The molecule has 0 aliphatic heterocycles. The van der Waals surface area contributed by atoms with Crippen molar-refractivity contribution in [1.29, 1.82) is 0 Å². The zero-order chi connectivity index (χ0) is 9.97. The second-order valence-electron chi connectivity index (χ2n) is 3.02. The van der Waals surface area contributed by atoms with Crippen molar-refractivity contribution in [3.63, 3.8) is 0 Å². The van der Waals surface area contributed by atoms with E-state index in [1.54, 1.807) is 6.20 Å². The fourth-order valence-corrected chi connectivity index (χ4v) is 1.16. The molecule has 2 aromatic heterocycles. The Morgan fingerprint density at radius 3 is 3.00 bits per heavy atom. The molecule has 0 amide bonds. The van der Waals surface area contributed by atoms with E-state index in [1.165, 1.54) is 4.68 Å². The number of nitrogens with two attached hydrogens (primary N) is 1. The first-order chi connectivity index (χ1) is 6.75.